The second kappa shape index (κ2) is 4.75. The van der Waals surface area contributed by atoms with Crippen molar-refractivity contribution in [3.05, 3.63) is 12.2 Å². The summed E-state index contributed by atoms with van der Waals surface area (Å²) in [5.74, 6) is 0. The van der Waals surface area contributed by atoms with Crippen LogP contribution in [-0.4, -0.2) is 27.9 Å². The van der Waals surface area contributed by atoms with Crippen LogP contribution in [0.1, 0.15) is 28.5 Å². The molecule has 50 valence electrons. The maximum absolute atomic E-state index is 3.95. The first-order valence-corrected chi connectivity index (χ1v) is 4.04. The predicted octanol–water partition coefficient (Wildman–Crippen LogP) is 2.72. The normalized spacial score (nSPS) is 27.2. The Balaban J connectivity index is -0.000000213. The van der Waals surface area contributed by atoms with E-state index in [4.69, 9.17) is 0 Å². The minimum absolute atomic E-state index is 0. The van der Waals surface area contributed by atoms with E-state index in [9.17, 15) is 0 Å². The zero-order valence-corrected chi connectivity index (χ0v) is 8.70. The zero-order valence-electron chi connectivity index (χ0n) is 7.70. The summed E-state index contributed by atoms with van der Waals surface area (Å²) < 4.78 is 0. The van der Waals surface area contributed by atoms with Crippen molar-refractivity contribution in [2.45, 2.75) is 30.5 Å². The molecule has 1 unspecified atom stereocenters. The predicted molar refractivity (Wildman–Crippen MR) is 48.3 cm³/mol. The molecule has 1 aliphatic rings. The Morgan fingerprint density at radius 3 is 2.56 bits per heavy atom. The molecule has 0 bridgehead atoms. The molecule has 0 nitrogen and oxygen atoms in total. The molecule has 0 saturated heterocycles. The van der Waals surface area contributed by atoms with Crippen molar-refractivity contribution in [1.29, 1.82) is 0 Å². The molecule has 0 aromatic rings. The minimum Gasteiger partial charge on any atom is -1.00 e. The third-order valence-electron chi connectivity index (χ3n) is 1.65. The van der Waals surface area contributed by atoms with E-state index in [1.165, 1.54) is 31.3 Å². The molecule has 0 heterocycles. The third kappa shape index (κ3) is 3.05. The van der Waals surface area contributed by atoms with Gasteiger partial charge < -0.3 is 2.85 Å². The summed E-state index contributed by atoms with van der Waals surface area (Å²) in [4.78, 5) is 0.622. The maximum Gasteiger partial charge on any atom is 2.00 e. The Labute approximate surface area is 84.3 Å². The van der Waals surface area contributed by atoms with Crippen LogP contribution in [0.25, 0.3) is 0 Å². The number of hydrogen-bond donors (Lipinski definition) is 0. The molecule has 0 aromatic heterocycles. The van der Waals surface area contributed by atoms with Crippen molar-refractivity contribution in [3.8, 4) is 0 Å². The van der Waals surface area contributed by atoms with Gasteiger partial charge >= 0.3 is 23.1 Å². The molecule has 1 aliphatic carbocycles. The van der Waals surface area contributed by atoms with Crippen LogP contribution in [0, 0.1) is 0 Å². The van der Waals surface area contributed by atoms with Crippen LogP contribution >= 0.6 is 15.9 Å². The average molecular weight is 201 g/mol. The Bertz CT molecular complexity index is 109. The molecule has 0 amide bonds. The van der Waals surface area contributed by atoms with Crippen LogP contribution in [-0.2, 0) is 0 Å². The Morgan fingerprint density at radius 2 is 2.22 bits per heavy atom. The second-order valence-electron chi connectivity index (χ2n) is 2.37. The van der Waals surface area contributed by atoms with E-state index in [0.717, 1.165) is 0 Å². The van der Waals surface area contributed by atoms with Gasteiger partial charge in [0, 0.05) is 4.83 Å². The van der Waals surface area contributed by atoms with E-state index in [0.29, 0.717) is 4.83 Å². The standard InChI is InChI=1S/C7H11Br.Mg.2H/c1-6-4-2-3-5-7(6)8;;;/h7H,1-5H2;;;/q;+2;2*-1. The van der Waals surface area contributed by atoms with Crippen molar-refractivity contribution >= 4 is 39.0 Å². The van der Waals surface area contributed by atoms with Gasteiger partial charge in [0.05, 0.1) is 0 Å². The van der Waals surface area contributed by atoms with Crippen molar-refractivity contribution in [1.82, 2.24) is 0 Å². The average Bonchev–Trinajstić information content (AvgIpc) is 1.77. The van der Waals surface area contributed by atoms with Crippen LogP contribution in [0.2, 0.25) is 0 Å². The third-order valence-corrected chi connectivity index (χ3v) is 2.75. The monoisotopic (exact) mass is 200 g/mol. The summed E-state index contributed by atoms with van der Waals surface area (Å²) in [5, 5.41) is 0. The quantitative estimate of drug-likeness (QED) is 0.321. The van der Waals surface area contributed by atoms with Gasteiger partial charge in [-0.3, -0.25) is 0 Å². The van der Waals surface area contributed by atoms with Crippen molar-refractivity contribution in [2.24, 2.45) is 0 Å². The van der Waals surface area contributed by atoms with E-state index < -0.39 is 0 Å². The van der Waals surface area contributed by atoms with Gasteiger partial charge in [0.1, 0.15) is 0 Å². The molecule has 2 heteroatoms. The Kier molecular flexibility index (Phi) is 5.27. The van der Waals surface area contributed by atoms with Crippen LogP contribution in [0.5, 0.6) is 0 Å². The molecule has 0 aromatic carbocycles. The number of allylic oxidation sites excluding steroid dienone is 1. The summed E-state index contributed by atoms with van der Waals surface area (Å²) in [6.45, 7) is 3.95. The van der Waals surface area contributed by atoms with Crippen molar-refractivity contribution < 1.29 is 2.85 Å². The number of hydrogen-bond acceptors (Lipinski definition) is 0. The van der Waals surface area contributed by atoms with Crippen molar-refractivity contribution in [2.75, 3.05) is 0 Å². The fourth-order valence-electron chi connectivity index (χ4n) is 1.04. The van der Waals surface area contributed by atoms with Gasteiger partial charge in [-0.1, -0.05) is 34.5 Å². The fraction of sp³-hybridized carbons (Fsp3) is 0.714. The van der Waals surface area contributed by atoms with Crippen LogP contribution in [0.4, 0.5) is 0 Å². The van der Waals surface area contributed by atoms with E-state index in [2.05, 4.69) is 22.5 Å². The van der Waals surface area contributed by atoms with Crippen LogP contribution in [0.3, 0.4) is 0 Å². The van der Waals surface area contributed by atoms with Gasteiger partial charge in [0.15, 0.2) is 0 Å². The first kappa shape index (κ1) is 9.99. The summed E-state index contributed by atoms with van der Waals surface area (Å²) >= 11 is 3.55. The van der Waals surface area contributed by atoms with Gasteiger partial charge in [-0.15, -0.1) is 0 Å². The fourth-order valence-corrected chi connectivity index (χ4v) is 1.59. The number of alkyl halides is 1. The topological polar surface area (TPSA) is 0 Å². The van der Waals surface area contributed by atoms with Crippen LogP contribution < -0.4 is 0 Å². The minimum atomic E-state index is 0. The maximum atomic E-state index is 3.95. The van der Waals surface area contributed by atoms with E-state index in [-0.39, 0.29) is 25.9 Å². The van der Waals surface area contributed by atoms with Gasteiger partial charge in [-0.05, 0) is 19.3 Å². The molecule has 1 rings (SSSR count). The molecule has 1 fully saturated rings. The van der Waals surface area contributed by atoms with Crippen molar-refractivity contribution in [3.63, 3.8) is 0 Å². The van der Waals surface area contributed by atoms with E-state index in [1.807, 2.05) is 0 Å². The first-order chi connectivity index (χ1) is 3.80. The van der Waals surface area contributed by atoms with E-state index in [1.54, 1.807) is 0 Å². The Hall–Kier alpha value is 0.986. The molecule has 0 radical (unpaired) electrons. The summed E-state index contributed by atoms with van der Waals surface area (Å²) in [6, 6.07) is 0. The van der Waals surface area contributed by atoms with E-state index >= 15 is 0 Å². The SMILES string of the molecule is C=C1CCCCC1Br.[H-].[H-].[Mg+2]. The molecule has 1 atom stereocenters. The smallest absolute Gasteiger partial charge is 1.00 e. The molecule has 0 aliphatic heterocycles. The zero-order chi connectivity index (χ0) is 5.98. The Morgan fingerprint density at radius 1 is 1.56 bits per heavy atom. The molecule has 0 spiro atoms. The first-order valence-electron chi connectivity index (χ1n) is 3.12. The van der Waals surface area contributed by atoms with Crippen LogP contribution in [0.15, 0.2) is 12.2 Å². The van der Waals surface area contributed by atoms with Gasteiger partial charge in [-0.25, -0.2) is 0 Å². The number of halogens is 1. The van der Waals surface area contributed by atoms with Gasteiger partial charge in [-0.2, -0.15) is 0 Å². The molecular weight excluding hydrogens is 188 g/mol. The summed E-state index contributed by atoms with van der Waals surface area (Å²) in [7, 11) is 0. The second-order valence-corrected chi connectivity index (χ2v) is 3.48. The summed E-state index contributed by atoms with van der Waals surface area (Å²) in [6.07, 6.45) is 5.24. The largest absolute Gasteiger partial charge is 2.00 e. The molecule has 0 N–H and O–H groups in total. The van der Waals surface area contributed by atoms with Gasteiger partial charge in [0.2, 0.25) is 0 Å². The number of rotatable bonds is 0. The molecular formula is C7H13BrMg. The summed E-state index contributed by atoms with van der Waals surface area (Å²) in [5.41, 5.74) is 1.39. The molecule has 9 heavy (non-hydrogen) atoms. The van der Waals surface area contributed by atoms with Gasteiger partial charge in [0.25, 0.3) is 0 Å². The molecule has 1 saturated carbocycles.